The highest BCUT2D eigenvalue weighted by molar-refractivity contribution is 9.10. The number of rotatable bonds is 5. The third-order valence-corrected chi connectivity index (χ3v) is 3.08. The van der Waals surface area contributed by atoms with E-state index in [1.807, 2.05) is 6.20 Å². The highest BCUT2D eigenvalue weighted by Gasteiger charge is 2.18. The molecule has 0 aliphatic carbocycles. The van der Waals surface area contributed by atoms with Crippen molar-refractivity contribution in [3.63, 3.8) is 0 Å². The molecule has 86 valence electrons. The quantitative estimate of drug-likeness (QED) is 0.893. The van der Waals surface area contributed by atoms with Gasteiger partial charge in [-0.15, -0.1) is 0 Å². The van der Waals surface area contributed by atoms with Gasteiger partial charge < -0.3 is 5.32 Å². The molecule has 1 N–H and O–H groups in total. The number of nitrogens with zero attached hydrogens (tertiary/aromatic N) is 2. The Labute approximate surface area is 100 Å². The van der Waals surface area contributed by atoms with Gasteiger partial charge in [-0.3, -0.25) is 4.68 Å². The fourth-order valence-electron chi connectivity index (χ4n) is 1.77. The minimum absolute atomic E-state index is 0.384. The van der Waals surface area contributed by atoms with Crippen molar-refractivity contribution >= 4 is 15.9 Å². The second-order valence-corrected chi connectivity index (χ2v) is 4.79. The topological polar surface area (TPSA) is 29.9 Å². The molecule has 1 aromatic heterocycles. The number of nitrogens with one attached hydrogen (secondary N) is 1. The highest BCUT2D eigenvalue weighted by atomic mass is 79.9. The van der Waals surface area contributed by atoms with Gasteiger partial charge in [0.2, 0.25) is 0 Å². The average Bonchev–Trinajstić information content (AvgIpc) is 2.57. The maximum atomic E-state index is 4.40. The summed E-state index contributed by atoms with van der Waals surface area (Å²) in [5.41, 5.74) is 1.26. The Balaban J connectivity index is 3.03. The second-order valence-electron chi connectivity index (χ2n) is 3.93. The van der Waals surface area contributed by atoms with Gasteiger partial charge in [-0.05, 0) is 42.7 Å². The maximum absolute atomic E-state index is 4.40. The summed E-state index contributed by atoms with van der Waals surface area (Å²) in [4.78, 5) is 0. The van der Waals surface area contributed by atoms with E-state index < -0.39 is 0 Å². The lowest BCUT2D eigenvalue weighted by Crippen LogP contribution is -2.24. The summed E-state index contributed by atoms with van der Waals surface area (Å²) < 4.78 is 3.19. The molecule has 0 saturated heterocycles. The summed E-state index contributed by atoms with van der Waals surface area (Å²) in [6.07, 6.45) is 2.96. The van der Waals surface area contributed by atoms with Crippen molar-refractivity contribution in [2.24, 2.45) is 0 Å². The van der Waals surface area contributed by atoms with Gasteiger partial charge in [0.1, 0.15) is 0 Å². The predicted octanol–water partition coefficient (Wildman–Crippen LogP) is 3.29. The second kappa shape index (κ2) is 5.66. The van der Waals surface area contributed by atoms with Crippen molar-refractivity contribution < 1.29 is 0 Å². The van der Waals surface area contributed by atoms with E-state index in [4.69, 9.17) is 0 Å². The Morgan fingerprint density at radius 1 is 1.47 bits per heavy atom. The molecule has 0 radical (unpaired) electrons. The molecule has 0 fully saturated rings. The van der Waals surface area contributed by atoms with E-state index in [0.29, 0.717) is 12.1 Å². The standard InChI is InChI=1S/C11H20BrN3/c1-5-10(13-6-2)11-9(12)7-14-15(11)8(3)4/h7-8,10,13H,5-6H2,1-4H3. The van der Waals surface area contributed by atoms with Crippen LogP contribution in [0.2, 0.25) is 0 Å². The summed E-state index contributed by atoms with van der Waals surface area (Å²) in [6.45, 7) is 9.61. The Kier molecular flexibility index (Phi) is 4.80. The first-order valence-corrected chi connectivity index (χ1v) is 6.37. The van der Waals surface area contributed by atoms with Crippen LogP contribution >= 0.6 is 15.9 Å². The number of hydrogen-bond acceptors (Lipinski definition) is 2. The highest BCUT2D eigenvalue weighted by Crippen LogP contribution is 2.27. The summed E-state index contributed by atoms with van der Waals surface area (Å²) in [7, 11) is 0. The molecule has 0 spiro atoms. The maximum Gasteiger partial charge on any atom is 0.0698 e. The van der Waals surface area contributed by atoms with Crippen LogP contribution in [0.5, 0.6) is 0 Å². The molecule has 0 aliphatic heterocycles. The van der Waals surface area contributed by atoms with Gasteiger partial charge in [-0.1, -0.05) is 13.8 Å². The van der Waals surface area contributed by atoms with Crippen LogP contribution in [-0.4, -0.2) is 16.3 Å². The smallest absolute Gasteiger partial charge is 0.0698 e. The molecule has 3 nitrogen and oxygen atoms in total. The molecule has 0 saturated carbocycles. The third kappa shape index (κ3) is 2.82. The third-order valence-electron chi connectivity index (χ3n) is 2.46. The van der Waals surface area contributed by atoms with Crippen LogP contribution in [0.3, 0.4) is 0 Å². The van der Waals surface area contributed by atoms with E-state index in [-0.39, 0.29) is 0 Å². The van der Waals surface area contributed by atoms with Crippen molar-refractivity contribution in [2.45, 2.75) is 46.2 Å². The van der Waals surface area contributed by atoms with Gasteiger partial charge in [0.05, 0.1) is 22.4 Å². The van der Waals surface area contributed by atoms with Crippen LogP contribution in [0.1, 0.15) is 51.9 Å². The lowest BCUT2D eigenvalue weighted by atomic mass is 10.1. The van der Waals surface area contributed by atoms with Crippen LogP contribution in [0.4, 0.5) is 0 Å². The number of halogens is 1. The SMILES string of the molecule is CCNC(CC)c1c(Br)cnn1C(C)C. The monoisotopic (exact) mass is 273 g/mol. The molecular formula is C11H20BrN3. The summed E-state index contributed by atoms with van der Waals surface area (Å²) in [6, 6.07) is 0.785. The Bertz CT molecular complexity index is 307. The first kappa shape index (κ1) is 12.7. The summed E-state index contributed by atoms with van der Waals surface area (Å²) in [5, 5.41) is 7.88. The van der Waals surface area contributed by atoms with Gasteiger partial charge in [0.15, 0.2) is 0 Å². The van der Waals surface area contributed by atoms with Crippen LogP contribution in [0.15, 0.2) is 10.7 Å². The van der Waals surface area contributed by atoms with Gasteiger partial charge in [0, 0.05) is 6.04 Å². The molecule has 1 rings (SSSR count). The molecule has 1 unspecified atom stereocenters. The van der Waals surface area contributed by atoms with E-state index in [0.717, 1.165) is 17.4 Å². The zero-order valence-corrected chi connectivity index (χ0v) is 11.5. The molecule has 0 aliphatic rings. The Morgan fingerprint density at radius 3 is 2.60 bits per heavy atom. The molecule has 4 heteroatoms. The fourth-order valence-corrected chi connectivity index (χ4v) is 2.32. The summed E-state index contributed by atoms with van der Waals surface area (Å²) in [5.74, 6) is 0. The van der Waals surface area contributed by atoms with E-state index in [9.17, 15) is 0 Å². The Hall–Kier alpha value is -0.350. The zero-order chi connectivity index (χ0) is 11.4. The van der Waals surface area contributed by atoms with E-state index in [2.05, 4.69) is 58.7 Å². The fraction of sp³-hybridized carbons (Fsp3) is 0.727. The van der Waals surface area contributed by atoms with Gasteiger partial charge in [-0.2, -0.15) is 5.10 Å². The van der Waals surface area contributed by atoms with Crippen molar-refractivity contribution in [1.29, 1.82) is 0 Å². The van der Waals surface area contributed by atoms with Crippen LogP contribution in [0, 0.1) is 0 Å². The first-order valence-electron chi connectivity index (χ1n) is 5.58. The van der Waals surface area contributed by atoms with Crippen molar-refractivity contribution in [3.05, 3.63) is 16.4 Å². The molecule has 0 bridgehead atoms. The van der Waals surface area contributed by atoms with Gasteiger partial charge >= 0.3 is 0 Å². The largest absolute Gasteiger partial charge is 0.309 e. The van der Waals surface area contributed by atoms with Gasteiger partial charge in [0.25, 0.3) is 0 Å². The molecule has 1 atom stereocenters. The van der Waals surface area contributed by atoms with Crippen LogP contribution < -0.4 is 5.32 Å². The zero-order valence-electron chi connectivity index (χ0n) is 9.92. The van der Waals surface area contributed by atoms with E-state index >= 15 is 0 Å². The molecule has 1 heterocycles. The minimum Gasteiger partial charge on any atom is -0.309 e. The van der Waals surface area contributed by atoms with Crippen LogP contribution in [-0.2, 0) is 0 Å². The molecule has 15 heavy (non-hydrogen) atoms. The average molecular weight is 274 g/mol. The van der Waals surface area contributed by atoms with E-state index in [1.54, 1.807) is 0 Å². The van der Waals surface area contributed by atoms with Crippen molar-refractivity contribution in [2.75, 3.05) is 6.54 Å². The van der Waals surface area contributed by atoms with Gasteiger partial charge in [-0.25, -0.2) is 0 Å². The molecule has 1 aromatic rings. The number of aromatic nitrogens is 2. The number of hydrogen-bond donors (Lipinski definition) is 1. The lowest BCUT2D eigenvalue weighted by molar-refractivity contribution is 0.441. The molecule has 0 amide bonds. The summed E-state index contributed by atoms with van der Waals surface area (Å²) >= 11 is 3.57. The van der Waals surface area contributed by atoms with Crippen molar-refractivity contribution in [1.82, 2.24) is 15.1 Å². The first-order chi connectivity index (χ1) is 7.11. The predicted molar refractivity (Wildman–Crippen MR) is 67.0 cm³/mol. The molecule has 0 aromatic carbocycles. The molecular weight excluding hydrogens is 254 g/mol. The minimum atomic E-state index is 0.384. The lowest BCUT2D eigenvalue weighted by Gasteiger charge is -2.20. The Morgan fingerprint density at radius 2 is 2.13 bits per heavy atom. The normalized spacial score (nSPS) is 13.5. The van der Waals surface area contributed by atoms with Crippen LogP contribution in [0.25, 0.3) is 0 Å². The van der Waals surface area contributed by atoms with Crippen molar-refractivity contribution in [3.8, 4) is 0 Å². The van der Waals surface area contributed by atoms with E-state index in [1.165, 1.54) is 5.69 Å².